The largest absolute Gasteiger partial charge is 0.491 e. The quantitative estimate of drug-likeness (QED) is 0.336. The minimum atomic E-state index is 0.255. The van der Waals surface area contributed by atoms with E-state index in [9.17, 15) is 0 Å². The van der Waals surface area contributed by atoms with Crippen molar-refractivity contribution in [3.63, 3.8) is 0 Å². The minimum Gasteiger partial charge on any atom is -0.491 e. The molecule has 0 saturated carbocycles. The van der Waals surface area contributed by atoms with Crippen molar-refractivity contribution in [2.45, 2.75) is 6.61 Å². The van der Waals surface area contributed by atoms with Gasteiger partial charge in [0.2, 0.25) is 5.95 Å². The summed E-state index contributed by atoms with van der Waals surface area (Å²) in [5, 5.41) is 0. The maximum absolute atomic E-state index is 5.90. The van der Waals surface area contributed by atoms with Crippen LogP contribution in [0.25, 0.3) is 27.8 Å². The molecule has 2 heterocycles. The molecular weight excluding hydrogens is 412 g/mol. The number of hydrogen-bond donors (Lipinski definition) is 1. The molecule has 6 nitrogen and oxygen atoms in total. The van der Waals surface area contributed by atoms with Crippen LogP contribution in [0, 0.1) is 0 Å². The van der Waals surface area contributed by atoms with Crippen molar-refractivity contribution in [2.75, 3.05) is 18.9 Å². The highest BCUT2D eigenvalue weighted by Crippen LogP contribution is 2.32. The summed E-state index contributed by atoms with van der Waals surface area (Å²) < 4.78 is 13.6. The van der Waals surface area contributed by atoms with Crippen LogP contribution in [0.15, 0.2) is 97.3 Å². The Labute approximate surface area is 192 Å². The van der Waals surface area contributed by atoms with Crippen molar-refractivity contribution in [1.29, 1.82) is 0 Å². The van der Waals surface area contributed by atoms with E-state index in [1.165, 1.54) is 0 Å². The summed E-state index contributed by atoms with van der Waals surface area (Å²) in [6.07, 6.45) is 3.84. The Morgan fingerprint density at radius 3 is 2.30 bits per heavy atom. The van der Waals surface area contributed by atoms with Gasteiger partial charge in [0.25, 0.3) is 0 Å². The SMILES string of the molecule is Nc1ncc2c(n1)c(-c1ccc(OCCOCc3ccccc3)cc1)cn2-c1ccccc1. The molecule has 0 atom stereocenters. The van der Waals surface area contributed by atoms with Gasteiger partial charge in [-0.15, -0.1) is 0 Å². The van der Waals surface area contributed by atoms with Crippen LogP contribution in [-0.2, 0) is 11.3 Å². The molecule has 0 spiro atoms. The predicted octanol–water partition coefficient (Wildman–Crippen LogP) is 5.27. The van der Waals surface area contributed by atoms with Crippen LogP contribution in [0.1, 0.15) is 5.56 Å². The van der Waals surface area contributed by atoms with Crippen molar-refractivity contribution < 1.29 is 9.47 Å². The lowest BCUT2D eigenvalue weighted by Crippen LogP contribution is -2.06. The van der Waals surface area contributed by atoms with E-state index in [0.717, 1.165) is 39.2 Å². The minimum absolute atomic E-state index is 0.255. The summed E-state index contributed by atoms with van der Waals surface area (Å²) in [5.74, 6) is 1.05. The summed E-state index contributed by atoms with van der Waals surface area (Å²) in [7, 11) is 0. The highest BCUT2D eigenvalue weighted by Gasteiger charge is 2.14. The molecule has 0 aliphatic heterocycles. The third kappa shape index (κ3) is 4.71. The Hall–Kier alpha value is -4.16. The summed E-state index contributed by atoms with van der Waals surface area (Å²) >= 11 is 0. The van der Waals surface area contributed by atoms with E-state index in [4.69, 9.17) is 15.2 Å². The number of hydrogen-bond acceptors (Lipinski definition) is 5. The highest BCUT2D eigenvalue weighted by atomic mass is 16.5. The Morgan fingerprint density at radius 1 is 0.818 bits per heavy atom. The number of nitrogens with zero attached hydrogens (tertiary/aromatic N) is 3. The van der Waals surface area contributed by atoms with Gasteiger partial charge in [-0.3, -0.25) is 0 Å². The molecule has 3 aromatic carbocycles. The van der Waals surface area contributed by atoms with E-state index >= 15 is 0 Å². The molecule has 2 N–H and O–H groups in total. The molecule has 0 radical (unpaired) electrons. The van der Waals surface area contributed by atoms with E-state index < -0.39 is 0 Å². The van der Waals surface area contributed by atoms with Crippen LogP contribution in [0.4, 0.5) is 5.95 Å². The Bertz CT molecular complexity index is 1330. The van der Waals surface area contributed by atoms with Gasteiger partial charge in [0.1, 0.15) is 17.9 Å². The topological polar surface area (TPSA) is 75.2 Å². The van der Waals surface area contributed by atoms with Crippen LogP contribution >= 0.6 is 0 Å². The molecule has 0 fully saturated rings. The Balaban J connectivity index is 1.30. The Kier molecular flexibility index (Phi) is 5.99. The van der Waals surface area contributed by atoms with Crippen molar-refractivity contribution in [2.24, 2.45) is 0 Å². The second kappa shape index (κ2) is 9.54. The lowest BCUT2D eigenvalue weighted by molar-refractivity contribution is 0.0889. The normalized spacial score (nSPS) is 11.0. The van der Waals surface area contributed by atoms with Gasteiger partial charge in [-0.2, -0.15) is 0 Å². The average Bonchev–Trinajstić information content (AvgIpc) is 3.24. The fourth-order valence-corrected chi connectivity index (χ4v) is 3.75. The van der Waals surface area contributed by atoms with Gasteiger partial charge in [-0.25, -0.2) is 9.97 Å². The van der Waals surface area contributed by atoms with Gasteiger partial charge in [0.15, 0.2) is 0 Å². The van der Waals surface area contributed by atoms with Crippen LogP contribution < -0.4 is 10.5 Å². The fraction of sp³-hybridized carbons (Fsp3) is 0.111. The van der Waals surface area contributed by atoms with E-state index in [0.29, 0.717) is 19.8 Å². The van der Waals surface area contributed by atoms with E-state index in [2.05, 4.69) is 32.9 Å². The maximum Gasteiger partial charge on any atom is 0.220 e. The van der Waals surface area contributed by atoms with Crippen molar-refractivity contribution in [3.8, 4) is 22.6 Å². The molecule has 0 amide bonds. The number of anilines is 1. The molecule has 164 valence electrons. The van der Waals surface area contributed by atoms with Gasteiger partial charge >= 0.3 is 0 Å². The van der Waals surface area contributed by atoms with Crippen molar-refractivity contribution in [3.05, 3.63) is 103 Å². The summed E-state index contributed by atoms with van der Waals surface area (Å²) in [5.41, 5.74) is 11.8. The molecule has 2 aromatic heterocycles. The van der Waals surface area contributed by atoms with Gasteiger partial charge in [-0.1, -0.05) is 60.7 Å². The summed E-state index contributed by atoms with van der Waals surface area (Å²) in [6, 6.07) is 28.2. The monoisotopic (exact) mass is 436 g/mol. The van der Waals surface area contributed by atoms with Gasteiger partial charge in [-0.05, 0) is 35.4 Å². The molecule has 5 aromatic rings. The second-order valence-electron chi connectivity index (χ2n) is 7.62. The van der Waals surface area contributed by atoms with Crippen LogP contribution in [0.3, 0.4) is 0 Å². The number of benzene rings is 3. The third-order valence-electron chi connectivity index (χ3n) is 5.37. The molecule has 5 rings (SSSR count). The predicted molar refractivity (Wildman–Crippen MR) is 130 cm³/mol. The lowest BCUT2D eigenvalue weighted by Gasteiger charge is -2.08. The molecule has 0 unspecified atom stereocenters. The molecule has 0 bridgehead atoms. The summed E-state index contributed by atoms with van der Waals surface area (Å²) in [4.78, 5) is 8.71. The van der Waals surface area contributed by atoms with E-state index in [1.54, 1.807) is 6.20 Å². The number of nitrogens with two attached hydrogens (primary N) is 1. The molecular formula is C27H24N4O2. The molecule has 0 saturated heterocycles. The zero-order valence-electron chi connectivity index (χ0n) is 18.1. The van der Waals surface area contributed by atoms with Gasteiger partial charge in [0, 0.05) is 17.4 Å². The van der Waals surface area contributed by atoms with Gasteiger partial charge < -0.3 is 19.8 Å². The highest BCUT2D eigenvalue weighted by molar-refractivity contribution is 5.94. The lowest BCUT2D eigenvalue weighted by atomic mass is 10.1. The summed E-state index contributed by atoms with van der Waals surface area (Å²) in [6.45, 7) is 1.60. The van der Waals surface area contributed by atoms with Crippen molar-refractivity contribution in [1.82, 2.24) is 14.5 Å². The maximum atomic E-state index is 5.90. The molecule has 33 heavy (non-hydrogen) atoms. The first-order valence-corrected chi connectivity index (χ1v) is 10.8. The fourth-order valence-electron chi connectivity index (χ4n) is 3.75. The number of ether oxygens (including phenoxy) is 2. The number of fused-ring (bicyclic) bond motifs is 1. The standard InChI is InChI=1S/C27H24N4O2/c28-27-29-17-25-26(30-27)24(18-31(25)22-9-5-2-6-10-22)21-11-13-23(14-12-21)33-16-15-32-19-20-7-3-1-4-8-20/h1-14,17-18H,15-16,19H2,(H2,28,29,30). The van der Waals surface area contributed by atoms with Crippen LogP contribution in [0.2, 0.25) is 0 Å². The molecule has 0 aliphatic carbocycles. The number of aromatic nitrogens is 3. The first kappa shape index (κ1) is 20.7. The first-order chi connectivity index (χ1) is 16.3. The number of nitrogen functional groups attached to an aromatic ring is 1. The van der Waals surface area contributed by atoms with Gasteiger partial charge in [0.05, 0.1) is 24.9 Å². The zero-order chi connectivity index (χ0) is 22.5. The zero-order valence-corrected chi connectivity index (χ0v) is 18.1. The smallest absolute Gasteiger partial charge is 0.220 e. The Morgan fingerprint density at radius 2 is 1.55 bits per heavy atom. The third-order valence-corrected chi connectivity index (χ3v) is 5.37. The molecule has 0 aliphatic rings. The van der Waals surface area contributed by atoms with Crippen LogP contribution in [0.5, 0.6) is 5.75 Å². The first-order valence-electron chi connectivity index (χ1n) is 10.8. The molecule has 6 heteroatoms. The second-order valence-corrected chi connectivity index (χ2v) is 7.62. The number of rotatable bonds is 8. The van der Waals surface area contributed by atoms with Crippen molar-refractivity contribution >= 4 is 17.0 Å². The van der Waals surface area contributed by atoms with E-state index in [-0.39, 0.29) is 5.95 Å². The van der Waals surface area contributed by atoms with Crippen LogP contribution in [-0.4, -0.2) is 27.7 Å². The average molecular weight is 437 g/mol. The number of para-hydroxylation sites is 1. The van der Waals surface area contributed by atoms with E-state index in [1.807, 2.05) is 72.8 Å².